The normalized spacial score (nSPS) is 11.3. The minimum atomic E-state index is -0.713. The maximum atomic E-state index is 10.6. The van der Waals surface area contributed by atoms with E-state index < -0.39 is 5.97 Å². The second-order valence-corrected chi connectivity index (χ2v) is 5.48. The summed E-state index contributed by atoms with van der Waals surface area (Å²) in [4.78, 5) is 12.9. The van der Waals surface area contributed by atoms with Crippen molar-refractivity contribution in [2.45, 2.75) is 53.1 Å². The molecule has 0 bridgehead atoms. The predicted molar refractivity (Wildman–Crippen MR) is 78.3 cm³/mol. The smallest absolute Gasteiger partial charge is 0.303 e. The molecule has 0 saturated heterocycles. The number of carboxylic acids is 1. The average Bonchev–Trinajstić information content (AvgIpc) is 2.32. The number of hydrogen-bond donors (Lipinski definition) is 1. The number of aryl methyl sites for hydroxylation is 2. The summed E-state index contributed by atoms with van der Waals surface area (Å²) in [5, 5.41) is 8.70. The van der Waals surface area contributed by atoms with E-state index >= 15 is 0 Å². The first-order valence-electron chi connectivity index (χ1n) is 6.92. The highest BCUT2D eigenvalue weighted by molar-refractivity contribution is 5.66. The van der Waals surface area contributed by atoms with Gasteiger partial charge in [-0.15, -0.1) is 0 Å². The van der Waals surface area contributed by atoms with Crippen LogP contribution in [0.3, 0.4) is 0 Å². The Bertz CT molecular complexity index is 427. The van der Waals surface area contributed by atoms with Gasteiger partial charge < -0.3 is 5.11 Å². The minimum absolute atomic E-state index is 0.246. The molecule has 0 unspecified atom stereocenters. The number of carbonyl (C=O) groups is 1. The zero-order chi connectivity index (χ0) is 14.4. The largest absolute Gasteiger partial charge is 0.481 e. The van der Waals surface area contributed by atoms with Gasteiger partial charge in [0.25, 0.3) is 0 Å². The van der Waals surface area contributed by atoms with Crippen LogP contribution in [0.1, 0.15) is 43.4 Å². The van der Waals surface area contributed by atoms with E-state index in [0.29, 0.717) is 12.5 Å². The molecule has 0 aliphatic heterocycles. The lowest BCUT2D eigenvalue weighted by Crippen LogP contribution is -2.31. The van der Waals surface area contributed by atoms with Crippen LogP contribution in [0.25, 0.3) is 0 Å². The highest BCUT2D eigenvalue weighted by Crippen LogP contribution is 2.14. The van der Waals surface area contributed by atoms with Crippen LogP contribution in [-0.4, -0.2) is 28.6 Å². The molecule has 0 fully saturated rings. The fourth-order valence-electron chi connectivity index (χ4n) is 2.09. The SMILES string of the molecule is Cc1ccc(CN(CCCC(=O)O)C(C)C)cc1C. The average molecular weight is 263 g/mol. The number of nitrogens with zero attached hydrogens (tertiary/aromatic N) is 1. The molecule has 0 radical (unpaired) electrons. The van der Waals surface area contributed by atoms with Gasteiger partial charge in [0.2, 0.25) is 0 Å². The van der Waals surface area contributed by atoms with E-state index in [1.165, 1.54) is 16.7 Å². The Morgan fingerprint density at radius 1 is 1.26 bits per heavy atom. The van der Waals surface area contributed by atoms with Gasteiger partial charge in [0, 0.05) is 19.0 Å². The van der Waals surface area contributed by atoms with Crippen LogP contribution in [0.4, 0.5) is 0 Å². The molecule has 106 valence electrons. The summed E-state index contributed by atoms with van der Waals surface area (Å²) >= 11 is 0. The molecule has 3 heteroatoms. The van der Waals surface area contributed by atoms with Crippen molar-refractivity contribution in [3.63, 3.8) is 0 Å². The highest BCUT2D eigenvalue weighted by atomic mass is 16.4. The molecule has 0 aromatic heterocycles. The molecule has 1 aromatic rings. The van der Waals surface area contributed by atoms with E-state index in [2.05, 4.69) is 50.8 Å². The van der Waals surface area contributed by atoms with E-state index in [-0.39, 0.29) is 6.42 Å². The maximum absolute atomic E-state index is 10.6. The monoisotopic (exact) mass is 263 g/mol. The van der Waals surface area contributed by atoms with Crippen LogP contribution < -0.4 is 0 Å². The Morgan fingerprint density at radius 2 is 1.95 bits per heavy atom. The Balaban J connectivity index is 2.62. The van der Waals surface area contributed by atoms with Gasteiger partial charge in [-0.05, 0) is 57.4 Å². The van der Waals surface area contributed by atoms with Crippen molar-refractivity contribution in [1.82, 2.24) is 4.90 Å². The topological polar surface area (TPSA) is 40.5 Å². The molecule has 3 nitrogen and oxygen atoms in total. The molecule has 0 heterocycles. The summed E-state index contributed by atoms with van der Waals surface area (Å²) in [5.74, 6) is -0.713. The summed E-state index contributed by atoms with van der Waals surface area (Å²) in [5.41, 5.74) is 3.92. The first-order chi connectivity index (χ1) is 8.90. The summed E-state index contributed by atoms with van der Waals surface area (Å²) in [6.45, 7) is 10.3. The fourth-order valence-corrected chi connectivity index (χ4v) is 2.09. The lowest BCUT2D eigenvalue weighted by atomic mass is 10.1. The number of rotatable bonds is 7. The molecule has 0 aliphatic carbocycles. The summed E-state index contributed by atoms with van der Waals surface area (Å²) in [6, 6.07) is 6.97. The third-order valence-electron chi connectivity index (χ3n) is 3.52. The van der Waals surface area contributed by atoms with Gasteiger partial charge in [0.05, 0.1) is 0 Å². The van der Waals surface area contributed by atoms with Crippen molar-refractivity contribution < 1.29 is 9.90 Å². The fraction of sp³-hybridized carbons (Fsp3) is 0.562. The van der Waals surface area contributed by atoms with Gasteiger partial charge in [0.15, 0.2) is 0 Å². The zero-order valence-corrected chi connectivity index (χ0v) is 12.4. The Hall–Kier alpha value is -1.35. The molecule has 0 spiro atoms. The summed E-state index contributed by atoms with van der Waals surface area (Å²) < 4.78 is 0. The van der Waals surface area contributed by atoms with Crippen LogP contribution in [0, 0.1) is 13.8 Å². The van der Waals surface area contributed by atoms with E-state index in [1.54, 1.807) is 0 Å². The molecule has 0 saturated carbocycles. The van der Waals surface area contributed by atoms with E-state index in [4.69, 9.17) is 5.11 Å². The molecule has 1 rings (SSSR count). The maximum Gasteiger partial charge on any atom is 0.303 e. The minimum Gasteiger partial charge on any atom is -0.481 e. The molecule has 0 amide bonds. The molecular formula is C16H25NO2. The Labute approximate surface area is 116 Å². The summed E-state index contributed by atoms with van der Waals surface area (Å²) in [6.07, 6.45) is 0.953. The summed E-state index contributed by atoms with van der Waals surface area (Å²) in [7, 11) is 0. The molecule has 1 aromatic carbocycles. The van der Waals surface area contributed by atoms with Gasteiger partial charge in [-0.1, -0.05) is 18.2 Å². The molecule has 19 heavy (non-hydrogen) atoms. The van der Waals surface area contributed by atoms with Gasteiger partial charge in [-0.2, -0.15) is 0 Å². The van der Waals surface area contributed by atoms with Crippen LogP contribution in [0.5, 0.6) is 0 Å². The first kappa shape index (κ1) is 15.7. The molecular weight excluding hydrogens is 238 g/mol. The van der Waals surface area contributed by atoms with E-state index in [1.807, 2.05) is 0 Å². The van der Waals surface area contributed by atoms with Gasteiger partial charge in [0.1, 0.15) is 0 Å². The quantitative estimate of drug-likeness (QED) is 0.820. The number of hydrogen-bond acceptors (Lipinski definition) is 2. The van der Waals surface area contributed by atoms with Crippen LogP contribution in [0.15, 0.2) is 18.2 Å². The van der Waals surface area contributed by atoms with E-state index in [9.17, 15) is 4.79 Å². The van der Waals surface area contributed by atoms with Crippen molar-refractivity contribution in [2.24, 2.45) is 0 Å². The van der Waals surface area contributed by atoms with Gasteiger partial charge in [-0.25, -0.2) is 0 Å². The Morgan fingerprint density at radius 3 is 2.47 bits per heavy atom. The molecule has 0 aliphatic rings. The first-order valence-corrected chi connectivity index (χ1v) is 6.92. The lowest BCUT2D eigenvalue weighted by molar-refractivity contribution is -0.137. The van der Waals surface area contributed by atoms with Crippen molar-refractivity contribution in [1.29, 1.82) is 0 Å². The van der Waals surface area contributed by atoms with Crippen LogP contribution in [0.2, 0.25) is 0 Å². The van der Waals surface area contributed by atoms with Crippen LogP contribution >= 0.6 is 0 Å². The van der Waals surface area contributed by atoms with E-state index in [0.717, 1.165) is 13.1 Å². The molecule has 1 N–H and O–H groups in total. The lowest BCUT2D eigenvalue weighted by Gasteiger charge is -2.26. The zero-order valence-electron chi connectivity index (χ0n) is 12.4. The number of benzene rings is 1. The third kappa shape index (κ3) is 5.43. The number of carboxylic acid groups (broad SMARTS) is 1. The highest BCUT2D eigenvalue weighted by Gasteiger charge is 2.11. The number of aliphatic carboxylic acids is 1. The second-order valence-electron chi connectivity index (χ2n) is 5.48. The van der Waals surface area contributed by atoms with Crippen molar-refractivity contribution >= 4 is 5.97 Å². The third-order valence-corrected chi connectivity index (χ3v) is 3.52. The predicted octanol–water partition coefficient (Wildman–Crippen LogP) is 3.38. The van der Waals surface area contributed by atoms with Crippen molar-refractivity contribution in [2.75, 3.05) is 6.54 Å². The van der Waals surface area contributed by atoms with Crippen molar-refractivity contribution in [3.8, 4) is 0 Å². The van der Waals surface area contributed by atoms with Gasteiger partial charge in [-0.3, -0.25) is 9.69 Å². The standard InChI is InChI=1S/C16H25NO2/c1-12(2)17(9-5-6-16(18)19)11-15-8-7-13(3)14(4)10-15/h7-8,10,12H,5-6,9,11H2,1-4H3,(H,18,19). The van der Waals surface area contributed by atoms with Crippen LogP contribution in [-0.2, 0) is 11.3 Å². The van der Waals surface area contributed by atoms with Crippen molar-refractivity contribution in [3.05, 3.63) is 34.9 Å². The second kappa shape index (κ2) is 7.29. The Kier molecular flexibility index (Phi) is 6.03. The molecule has 0 atom stereocenters. The van der Waals surface area contributed by atoms with Gasteiger partial charge >= 0.3 is 5.97 Å².